The van der Waals surface area contributed by atoms with Gasteiger partial charge in [0.15, 0.2) is 17.2 Å². The van der Waals surface area contributed by atoms with Gasteiger partial charge in [0.1, 0.15) is 0 Å². The molecule has 2 aromatic carbocycles. The summed E-state index contributed by atoms with van der Waals surface area (Å²) in [6.07, 6.45) is 0.0104. The topological polar surface area (TPSA) is 82.5 Å². The largest absolute Gasteiger partial charge is 0.493 e. The number of benzene rings is 2. The van der Waals surface area contributed by atoms with Crippen molar-refractivity contribution in [1.82, 2.24) is 15.1 Å². The van der Waals surface area contributed by atoms with Crippen LogP contribution in [0.25, 0.3) is 5.69 Å². The summed E-state index contributed by atoms with van der Waals surface area (Å²) in [6, 6.07) is 15.9. The van der Waals surface area contributed by atoms with Crippen molar-refractivity contribution in [3.63, 3.8) is 0 Å². The van der Waals surface area contributed by atoms with Crippen LogP contribution in [-0.2, 0) is 0 Å². The number of nitrogens with one attached hydrogen (secondary N) is 1. The van der Waals surface area contributed by atoms with Crippen LogP contribution in [0.2, 0.25) is 0 Å². The third-order valence-corrected chi connectivity index (χ3v) is 4.72. The zero-order chi connectivity index (χ0) is 22.5. The molecule has 3 rings (SSSR count). The Morgan fingerprint density at radius 1 is 1.03 bits per heavy atom. The van der Waals surface area contributed by atoms with Crippen molar-refractivity contribution in [2.45, 2.75) is 39.8 Å². The van der Waals surface area contributed by atoms with E-state index in [-0.39, 0.29) is 17.8 Å². The molecular weight excluding hydrogens is 394 g/mol. The fourth-order valence-electron chi connectivity index (χ4n) is 3.19. The molecule has 31 heavy (non-hydrogen) atoms. The van der Waals surface area contributed by atoms with Gasteiger partial charge in [-0.1, -0.05) is 24.3 Å². The van der Waals surface area contributed by atoms with E-state index < -0.39 is 11.3 Å². The van der Waals surface area contributed by atoms with Crippen LogP contribution < -0.4 is 20.2 Å². The molecule has 0 saturated heterocycles. The van der Waals surface area contributed by atoms with Crippen LogP contribution in [0.3, 0.4) is 0 Å². The third-order valence-electron chi connectivity index (χ3n) is 4.72. The molecule has 0 aliphatic rings. The van der Waals surface area contributed by atoms with Crippen LogP contribution in [0.5, 0.6) is 11.5 Å². The lowest BCUT2D eigenvalue weighted by Crippen LogP contribution is -2.33. The highest BCUT2D eigenvalue weighted by Gasteiger charge is 2.19. The molecule has 1 atom stereocenters. The van der Waals surface area contributed by atoms with Crippen molar-refractivity contribution in [3.8, 4) is 17.2 Å². The van der Waals surface area contributed by atoms with Crippen LogP contribution in [-0.4, -0.2) is 28.9 Å². The van der Waals surface area contributed by atoms with E-state index in [0.717, 1.165) is 11.3 Å². The molecule has 7 heteroatoms. The van der Waals surface area contributed by atoms with Crippen molar-refractivity contribution in [3.05, 3.63) is 81.8 Å². The molecule has 0 spiro atoms. The van der Waals surface area contributed by atoms with Crippen LogP contribution in [0.4, 0.5) is 0 Å². The highest BCUT2D eigenvalue weighted by molar-refractivity contribution is 5.92. The molecular formula is C24H27N3O4. The van der Waals surface area contributed by atoms with Gasteiger partial charge in [-0.05, 0) is 57.5 Å². The molecule has 0 aliphatic carbocycles. The van der Waals surface area contributed by atoms with Gasteiger partial charge >= 0.3 is 0 Å². The van der Waals surface area contributed by atoms with Crippen LogP contribution >= 0.6 is 0 Å². The molecule has 1 unspecified atom stereocenters. The van der Waals surface area contributed by atoms with Gasteiger partial charge in [-0.15, -0.1) is 0 Å². The molecule has 1 heterocycles. The van der Waals surface area contributed by atoms with Gasteiger partial charge in [0.2, 0.25) is 5.43 Å². The zero-order valence-electron chi connectivity index (χ0n) is 18.4. The first-order valence-electron chi connectivity index (χ1n) is 10.1. The monoisotopic (exact) mass is 421 g/mol. The smallest absolute Gasteiger partial charge is 0.276 e. The molecule has 1 amide bonds. The van der Waals surface area contributed by atoms with Crippen molar-refractivity contribution in [2.75, 3.05) is 7.11 Å². The number of amides is 1. The Hall–Kier alpha value is -3.61. The molecule has 0 bridgehead atoms. The Kier molecular flexibility index (Phi) is 6.74. The molecule has 1 aromatic heterocycles. The number of hydrogen-bond donors (Lipinski definition) is 1. The first-order chi connectivity index (χ1) is 14.8. The van der Waals surface area contributed by atoms with Gasteiger partial charge in [-0.2, -0.15) is 5.10 Å². The van der Waals surface area contributed by atoms with Gasteiger partial charge in [0.05, 0.1) is 24.9 Å². The summed E-state index contributed by atoms with van der Waals surface area (Å²) in [7, 11) is 1.57. The van der Waals surface area contributed by atoms with Crippen molar-refractivity contribution in [1.29, 1.82) is 0 Å². The number of ether oxygens (including phenoxy) is 2. The lowest BCUT2D eigenvalue weighted by Gasteiger charge is -2.18. The Balaban J connectivity index is 1.85. The predicted molar refractivity (Wildman–Crippen MR) is 119 cm³/mol. The number of carbonyl (C=O) groups is 1. The number of hydrogen-bond acceptors (Lipinski definition) is 5. The van der Waals surface area contributed by atoms with Gasteiger partial charge in [0, 0.05) is 11.8 Å². The van der Waals surface area contributed by atoms with E-state index in [9.17, 15) is 9.59 Å². The Bertz CT molecular complexity index is 1120. The van der Waals surface area contributed by atoms with Crippen LogP contribution in [0.15, 0.2) is 59.4 Å². The maximum absolute atomic E-state index is 12.9. The Labute approximate surface area is 181 Å². The van der Waals surface area contributed by atoms with Crippen molar-refractivity contribution < 1.29 is 14.3 Å². The number of aromatic nitrogens is 2. The number of methoxy groups -OCH3 is 1. The number of rotatable bonds is 7. The second-order valence-electron chi connectivity index (χ2n) is 7.52. The fraction of sp³-hybridized carbons (Fsp3) is 0.292. The first kappa shape index (κ1) is 22.1. The Morgan fingerprint density at radius 3 is 2.39 bits per heavy atom. The second-order valence-corrected chi connectivity index (χ2v) is 7.52. The number of aryl methyl sites for hydroxylation is 1. The standard InChI is InChI=1S/C24H27N3O4/c1-15(2)31-21-12-11-18(14-22(21)30-5)17(4)25-24(29)23-20(28)13-16(3)27(26-23)19-9-7-6-8-10-19/h6-15,17H,1-5H3,(H,25,29). The van der Waals surface area contributed by atoms with E-state index in [1.165, 1.54) is 6.07 Å². The lowest BCUT2D eigenvalue weighted by molar-refractivity contribution is 0.0931. The summed E-state index contributed by atoms with van der Waals surface area (Å²) in [5.74, 6) is 0.668. The third kappa shape index (κ3) is 5.12. The maximum Gasteiger partial charge on any atom is 0.276 e. The zero-order valence-corrected chi connectivity index (χ0v) is 18.4. The maximum atomic E-state index is 12.9. The molecule has 7 nitrogen and oxygen atoms in total. The highest BCUT2D eigenvalue weighted by atomic mass is 16.5. The summed E-state index contributed by atoms with van der Waals surface area (Å²) in [5, 5.41) is 7.17. The molecule has 3 aromatic rings. The van der Waals surface area contributed by atoms with E-state index in [0.29, 0.717) is 17.2 Å². The second kappa shape index (κ2) is 9.47. The van der Waals surface area contributed by atoms with E-state index in [1.54, 1.807) is 18.7 Å². The van der Waals surface area contributed by atoms with Gasteiger partial charge in [-0.3, -0.25) is 9.59 Å². The van der Waals surface area contributed by atoms with Gasteiger partial charge < -0.3 is 14.8 Å². The molecule has 1 N–H and O–H groups in total. The highest BCUT2D eigenvalue weighted by Crippen LogP contribution is 2.31. The van der Waals surface area contributed by atoms with Gasteiger partial charge in [0.25, 0.3) is 5.91 Å². The predicted octanol–water partition coefficient (Wildman–Crippen LogP) is 3.83. The van der Waals surface area contributed by atoms with Crippen LogP contribution in [0.1, 0.15) is 48.6 Å². The summed E-state index contributed by atoms with van der Waals surface area (Å²) in [6.45, 7) is 7.48. The molecule has 0 fully saturated rings. The molecule has 0 radical (unpaired) electrons. The molecule has 0 aliphatic heterocycles. The molecule has 162 valence electrons. The average Bonchev–Trinajstić information content (AvgIpc) is 2.74. The minimum Gasteiger partial charge on any atom is -0.493 e. The number of nitrogens with zero attached hydrogens (tertiary/aromatic N) is 2. The van der Waals surface area contributed by atoms with E-state index in [2.05, 4.69) is 10.4 Å². The number of para-hydroxylation sites is 1. The summed E-state index contributed by atoms with van der Waals surface area (Å²) in [5.41, 5.74) is 1.65. The Morgan fingerprint density at radius 2 is 1.74 bits per heavy atom. The lowest BCUT2D eigenvalue weighted by atomic mass is 10.1. The van der Waals surface area contributed by atoms with Gasteiger partial charge in [-0.25, -0.2) is 4.68 Å². The van der Waals surface area contributed by atoms with Crippen molar-refractivity contribution in [2.24, 2.45) is 0 Å². The minimum absolute atomic E-state index is 0.0104. The minimum atomic E-state index is -0.538. The van der Waals surface area contributed by atoms with E-state index in [4.69, 9.17) is 9.47 Å². The summed E-state index contributed by atoms with van der Waals surface area (Å²) in [4.78, 5) is 25.3. The van der Waals surface area contributed by atoms with E-state index >= 15 is 0 Å². The SMILES string of the molecule is COc1cc(C(C)NC(=O)c2nn(-c3ccccc3)c(C)cc2=O)ccc1OC(C)C. The first-order valence-corrected chi connectivity index (χ1v) is 10.1. The number of carbonyl (C=O) groups excluding carboxylic acids is 1. The van der Waals surface area contributed by atoms with Crippen LogP contribution in [0, 0.1) is 6.92 Å². The molecule has 0 saturated carbocycles. The van der Waals surface area contributed by atoms with E-state index in [1.807, 2.05) is 69.3 Å². The summed E-state index contributed by atoms with van der Waals surface area (Å²) >= 11 is 0. The quantitative estimate of drug-likeness (QED) is 0.627. The van der Waals surface area contributed by atoms with Crippen molar-refractivity contribution >= 4 is 5.91 Å². The average molecular weight is 421 g/mol. The summed E-state index contributed by atoms with van der Waals surface area (Å²) < 4.78 is 12.7. The normalized spacial score (nSPS) is 11.8. The fourth-order valence-corrected chi connectivity index (χ4v) is 3.19.